The fourth-order valence-corrected chi connectivity index (χ4v) is 15.3. The number of anilines is 8. The molecule has 4 heteroatoms. The fourth-order valence-electron chi connectivity index (χ4n) is 15.3. The maximum Gasteiger partial charge on any atom is 0.252 e. The van der Waals surface area contributed by atoms with Crippen molar-refractivity contribution in [2.24, 2.45) is 5.41 Å². The van der Waals surface area contributed by atoms with Crippen LogP contribution in [0.15, 0.2) is 188 Å². The summed E-state index contributed by atoms with van der Waals surface area (Å²) in [6.07, 6.45) is 3.99. The molecule has 2 atom stereocenters. The van der Waals surface area contributed by atoms with Crippen molar-refractivity contribution in [3.8, 4) is 11.1 Å². The lowest BCUT2D eigenvalue weighted by molar-refractivity contribution is 0.281. The number of para-hydroxylation sites is 1. The van der Waals surface area contributed by atoms with Crippen LogP contribution in [-0.2, 0) is 41.9 Å². The molecule has 0 N–H and O–H groups in total. The molecule has 0 amide bonds. The lowest BCUT2D eigenvalue weighted by atomic mass is 9.33. The van der Waals surface area contributed by atoms with Gasteiger partial charge in [-0.25, -0.2) is 0 Å². The van der Waals surface area contributed by atoms with Gasteiger partial charge in [0.2, 0.25) is 0 Å². The van der Waals surface area contributed by atoms with Gasteiger partial charge < -0.3 is 14.7 Å². The van der Waals surface area contributed by atoms with E-state index >= 15 is 0 Å². The molecule has 2 unspecified atom stereocenters. The van der Waals surface area contributed by atoms with Crippen LogP contribution >= 0.6 is 0 Å². The first-order valence-electron chi connectivity index (χ1n) is 28.7. The van der Waals surface area contributed by atoms with Crippen LogP contribution in [0.1, 0.15) is 118 Å². The zero-order chi connectivity index (χ0) is 53.8. The van der Waals surface area contributed by atoms with Gasteiger partial charge in [0.1, 0.15) is 0 Å². The molecule has 0 saturated heterocycles. The Labute approximate surface area is 464 Å². The van der Waals surface area contributed by atoms with Gasteiger partial charge in [-0.2, -0.15) is 0 Å². The summed E-state index contributed by atoms with van der Waals surface area (Å²) in [7, 11) is 0. The average Bonchev–Trinajstić information content (AvgIpc) is 3.76. The molecular weight excluding hydrogens is 942 g/mol. The van der Waals surface area contributed by atoms with Gasteiger partial charge in [-0.05, 0) is 195 Å². The molecule has 0 aromatic heterocycles. The minimum absolute atomic E-state index is 0.00432. The highest BCUT2D eigenvalue weighted by atomic mass is 15.3. The van der Waals surface area contributed by atoms with E-state index < -0.39 is 0 Å². The zero-order valence-electron chi connectivity index (χ0n) is 47.6. The van der Waals surface area contributed by atoms with E-state index in [-0.39, 0.29) is 33.9 Å². The Bertz CT molecular complexity index is 3930. The molecule has 386 valence electrons. The lowest BCUT2D eigenvalue weighted by Gasteiger charge is -2.53. The van der Waals surface area contributed by atoms with Crippen molar-refractivity contribution in [3.05, 3.63) is 244 Å². The van der Waals surface area contributed by atoms with Crippen molar-refractivity contribution >= 4 is 68.6 Å². The molecule has 2 aliphatic carbocycles. The predicted octanol–water partition coefficient (Wildman–Crippen LogP) is 16.8. The Morgan fingerprint density at radius 2 is 1.01 bits per heavy atom. The van der Waals surface area contributed by atoms with E-state index in [1.165, 1.54) is 129 Å². The Morgan fingerprint density at radius 3 is 1.69 bits per heavy atom. The average molecular weight is 1010 g/mol. The summed E-state index contributed by atoms with van der Waals surface area (Å²) in [5.41, 5.74) is 30.0. The topological polar surface area (TPSA) is 9.72 Å². The van der Waals surface area contributed by atoms with Crippen LogP contribution in [-0.4, -0.2) is 12.3 Å². The van der Waals surface area contributed by atoms with E-state index in [0.29, 0.717) is 0 Å². The number of benzene rings is 9. The van der Waals surface area contributed by atoms with Crippen LogP contribution < -0.4 is 31.1 Å². The molecule has 3 nitrogen and oxygen atoms in total. The highest BCUT2D eigenvalue weighted by Gasteiger charge is 2.62. The maximum atomic E-state index is 2.77. The van der Waals surface area contributed by atoms with Crippen LogP contribution in [0, 0.1) is 19.3 Å². The number of hydrogen-bond acceptors (Lipinski definition) is 3. The molecule has 9 aromatic carbocycles. The number of fused-ring (bicyclic) bond motifs is 9. The smallest absolute Gasteiger partial charge is 0.252 e. The van der Waals surface area contributed by atoms with Crippen LogP contribution in [0.3, 0.4) is 0 Å². The van der Waals surface area contributed by atoms with Gasteiger partial charge in [-0.15, -0.1) is 0 Å². The maximum absolute atomic E-state index is 2.77. The molecule has 3 heterocycles. The van der Waals surface area contributed by atoms with Gasteiger partial charge in [0, 0.05) is 50.8 Å². The molecule has 14 rings (SSSR count). The van der Waals surface area contributed by atoms with Gasteiger partial charge >= 0.3 is 0 Å². The third-order valence-electron chi connectivity index (χ3n) is 19.0. The summed E-state index contributed by atoms with van der Waals surface area (Å²) in [5, 5.41) is 0. The van der Waals surface area contributed by atoms with Crippen molar-refractivity contribution in [3.63, 3.8) is 0 Å². The molecule has 0 fully saturated rings. The first-order valence-corrected chi connectivity index (χ1v) is 28.7. The second-order valence-corrected chi connectivity index (χ2v) is 26.9. The molecule has 78 heavy (non-hydrogen) atoms. The minimum atomic E-state index is -0.337. The first-order chi connectivity index (χ1) is 37.3. The minimum Gasteiger partial charge on any atom is -0.334 e. The number of aryl methyl sites for hydroxylation is 2. The fraction of sp³-hybridized carbons (Fsp3) is 0.270. The van der Waals surface area contributed by atoms with Crippen molar-refractivity contribution < 1.29 is 0 Å². The molecule has 5 aliphatic rings. The normalized spacial score (nSPS) is 19.4. The third-order valence-corrected chi connectivity index (χ3v) is 19.0. The predicted molar refractivity (Wildman–Crippen MR) is 332 cm³/mol. The quantitative estimate of drug-likeness (QED) is 0.159. The summed E-state index contributed by atoms with van der Waals surface area (Å²) in [6.45, 7) is 26.1. The van der Waals surface area contributed by atoms with E-state index in [2.05, 4.69) is 279 Å². The number of hydrogen-bond donors (Lipinski definition) is 0. The SMILES string of the molecule is Cc1cc2c3c(c1)N(c1ccc(C(C)(C)C)cc1-c1ccccc1)c1cc4c(cc1B3c1ccc(N3c5ccccc5C5(c6ccccc6)Cc6ccccc6CC35C)cc1N2c1ccc(C(C)(C)C)cc1C)CC(C)(C)C4. The molecule has 0 radical (unpaired) electrons. The summed E-state index contributed by atoms with van der Waals surface area (Å²) in [6, 6.07) is 73.7. The van der Waals surface area contributed by atoms with E-state index in [0.717, 1.165) is 25.7 Å². The van der Waals surface area contributed by atoms with Crippen molar-refractivity contribution in [2.75, 3.05) is 14.7 Å². The summed E-state index contributed by atoms with van der Waals surface area (Å²) < 4.78 is 0. The zero-order valence-corrected chi connectivity index (χ0v) is 47.6. The standard InChI is InChI=1S/C74H72BN3/c1-47-36-67-69-68(37-47)77(63-35-31-56(71(6,7)8)41-58(63)49-22-14-12-15-23-49)65-40-53-44-72(9,10)43-52(53)39-61(65)75(69)60-33-32-57(42-66(60)76(67)62-34-30-55(38-48(62)2)70(3,4)5)78-64-29-21-20-28-59(64)74(54-26-16-13-17-27-54)46-51-25-19-18-24-50(51)45-73(74,78)11/h12-42H,43-46H2,1-11H3. The molecule has 3 aliphatic heterocycles. The number of rotatable bonds is 5. The van der Waals surface area contributed by atoms with E-state index in [1.807, 2.05) is 0 Å². The lowest BCUT2D eigenvalue weighted by Crippen LogP contribution is -2.62. The van der Waals surface area contributed by atoms with Gasteiger partial charge in [0.25, 0.3) is 6.71 Å². The van der Waals surface area contributed by atoms with E-state index in [1.54, 1.807) is 0 Å². The molecule has 9 aromatic rings. The van der Waals surface area contributed by atoms with Crippen molar-refractivity contribution in [2.45, 2.75) is 124 Å². The highest BCUT2D eigenvalue weighted by molar-refractivity contribution is 7.00. The number of nitrogens with zero attached hydrogens (tertiary/aromatic N) is 3. The van der Waals surface area contributed by atoms with Gasteiger partial charge in [-0.1, -0.05) is 189 Å². The Hall–Kier alpha value is -7.56. The summed E-state index contributed by atoms with van der Waals surface area (Å²) in [4.78, 5) is 8.12. The molecular formula is C74H72BN3. The van der Waals surface area contributed by atoms with Gasteiger partial charge in [-0.3, -0.25) is 0 Å². The van der Waals surface area contributed by atoms with Crippen molar-refractivity contribution in [1.29, 1.82) is 0 Å². The first kappa shape index (κ1) is 48.8. The molecule has 0 bridgehead atoms. The monoisotopic (exact) mass is 1010 g/mol. The summed E-state index contributed by atoms with van der Waals surface area (Å²) >= 11 is 0. The highest BCUT2D eigenvalue weighted by Crippen LogP contribution is 2.63. The molecule has 0 spiro atoms. The van der Waals surface area contributed by atoms with Crippen LogP contribution in [0.2, 0.25) is 0 Å². The van der Waals surface area contributed by atoms with Crippen LogP contribution in [0.4, 0.5) is 45.5 Å². The second kappa shape index (κ2) is 17.0. The van der Waals surface area contributed by atoms with Crippen LogP contribution in [0.25, 0.3) is 11.1 Å². The van der Waals surface area contributed by atoms with E-state index in [4.69, 9.17) is 0 Å². The molecule has 0 saturated carbocycles. The largest absolute Gasteiger partial charge is 0.334 e. The van der Waals surface area contributed by atoms with Crippen molar-refractivity contribution in [1.82, 2.24) is 0 Å². The van der Waals surface area contributed by atoms with Gasteiger partial charge in [0.15, 0.2) is 0 Å². The third kappa shape index (κ3) is 7.17. The second-order valence-electron chi connectivity index (χ2n) is 26.9. The van der Waals surface area contributed by atoms with Gasteiger partial charge in [0.05, 0.1) is 11.2 Å². The summed E-state index contributed by atoms with van der Waals surface area (Å²) in [5.74, 6) is 0. The Morgan fingerprint density at radius 1 is 0.436 bits per heavy atom. The van der Waals surface area contributed by atoms with E-state index in [9.17, 15) is 0 Å². The Kier molecular flexibility index (Phi) is 10.6. The Balaban J connectivity index is 1.06. The van der Waals surface area contributed by atoms with Crippen LogP contribution in [0.5, 0.6) is 0 Å².